The van der Waals surface area contributed by atoms with Crippen LogP contribution in [0.1, 0.15) is 27.2 Å². The molecule has 0 fully saturated rings. The fourth-order valence-corrected chi connectivity index (χ4v) is 3.86. The number of nitrogens with two attached hydrogens (primary N) is 2. The highest BCUT2D eigenvalue weighted by Crippen LogP contribution is 2.19. The summed E-state index contributed by atoms with van der Waals surface area (Å²) in [5.41, 5.74) is 11.1. The maximum atomic E-state index is 5.84. The number of hydrogen-bond acceptors (Lipinski definition) is 4. The van der Waals surface area contributed by atoms with Gasteiger partial charge in [-0.25, -0.2) is 0 Å². The molecule has 0 saturated heterocycles. The van der Waals surface area contributed by atoms with Crippen molar-refractivity contribution in [3.05, 3.63) is 11.8 Å². The fourth-order valence-electron chi connectivity index (χ4n) is 1.29. The van der Waals surface area contributed by atoms with Gasteiger partial charge in [-0.3, -0.25) is 0 Å². The van der Waals surface area contributed by atoms with E-state index < -0.39 is 8.56 Å². The summed E-state index contributed by atoms with van der Waals surface area (Å²) in [5, 5.41) is 0. The second kappa shape index (κ2) is 7.00. The van der Waals surface area contributed by atoms with E-state index in [9.17, 15) is 0 Å². The summed E-state index contributed by atoms with van der Waals surface area (Å²) in [4.78, 5) is 0. The van der Waals surface area contributed by atoms with Crippen LogP contribution in [0.25, 0.3) is 0 Å². The fraction of sp³-hybridized carbons (Fsp3) is 0.800. The van der Waals surface area contributed by atoms with Crippen molar-refractivity contribution >= 4 is 8.56 Å². The molecule has 90 valence electrons. The van der Waals surface area contributed by atoms with Crippen molar-refractivity contribution in [2.45, 2.75) is 45.9 Å². The Labute approximate surface area is 93.9 Å². The quantitative estimate of drug-likeness (QED) is 0.398. The van der Waals surface area contributed by atoms with Gasteiger partial charge in [0.1, 0.15) is 0 Å². The van der Waals surface area contributed by atoms with Crippen molar-refractivity contribution in [1.29, 1.82) is 0 Å². The average Bonchev–Trinajstić information content (AvgIpc) is 2.15. The lowest BCUT2D eigenvalue weighted by Gasteiger charge is -2.28. The van der Waals surface area contributed by atoms with Gasteiger partial charge >= 0.3 is 8.56 Å². The molecule has 4 N–H and O–H groups in total. The Morgan fingerprint density at radius 2 is 2.07 bits per heavy atom. The molecule has 0 amide bonds. The standard InChI is InChI=1S/C10H24N2O2Si/c1-5-9(3)14-15(4,13-6-2)8-7-10(11)12/h5,10H,6-8,11-12H2,1-4H3. The van der Waals surface area contributed by atoms with Crippen molar-refractivity contribution in [2.75, 3.05) is 6.61 Å². The highest BCUT2D eigenvalue weighted by Gasteiger charge is 2.33. The summed E-state index contributed by atoms with van der Waals surface area (Å²) in [5.74, 6) is 0.906. The summed E-state index contributed by atoms with van der Waals surface area (Å²) in [7, 11) is -2.12. The van der Waals surface area contributed by atoms with Crippen molar-refractivity contribution < 1.29 is 8.85 Å². The predicted molar refractivity (Wildman–Crippen MR) is 65.3 cm³/mol. The molecule has 1 atom stereocenters. The molecule has 5 heteroatoms. The first-order valence-corrected chi connectivity index (χ1v) is 7.93. The van der Waals surface area contributed by atoms with Crippen LogP contribution in [0.5, 0.6) is 0 Å². The second-order valence-electron chi connectivity index (χ2n) is 3.77. The monoisotopic (exact) mass is 232 g/mol. The van der Waals surface area contributed by atoms with Gasteiger partial charge < -0.3 is 20.3 Å². The van der Waals surface area contributed by atoms with Crippen LogP contribution in [0.4, 0.5) is 0 Å². The molecule has 15 heavy (non-hydrogen) atoms. The molecular formula is C10H24N2O2Si. The molecule has 0 rings (SSSR count). The summed E-state index contributed by atoms with van der Waals surface area (Å²) in [6.07, 6.45) is 2.39. The van der Waals surface area contributed by atoms with Gasteiger partial charge in [-0.15, -0.1) is 0 Å². The minimum Gasteiger partial charge on any atom is -0.524 e. The van der Waals surface area contributed by atoms with E-state index in [2.05, 4.69) is 0 Å². The number of allylic oxidation sites excluding steroid dienone is 2. The Morgan fingerprint density at radius 1 is 1.47 bits per heavy atom. The van der Waals surface area contributed by atoms with Crippen LogP contribution in [0, 0.1) is 0 Å². The topological polar surface area (TPSA) is 70.5 Å². The van der Waals surface area contributed by atoms with Crippen molar-refractivity contribution in [3.63, 3.8) is 0 Å². The van der Waals surface area contributed by atoms with Gasteiger partial charge in [0, 0.05) is 12.7 Å². The van der Waals surface area contributed by atoms with Crippen molar-refractivity contribution in [2.24, 2.45) is 11.5 Å². The van der Waals surface area contributed by atoms with E-state index in [0.29, 0.717) is 6.61 Å². The molecule has 0 heterocycles. The van der Waals surface area contributed by atoms with E-state index in [1.807, 2.05) is 33.4 Å². The van der Waals surface area contributed by atoms with Crippen LogP contribution in [0.3, 0.4) is 0 Å². The molecule has 0 aromatic rings. The maximum absolute atomic E-state index is 5.84. The van der Waals surface area contributed by atoms with E-state index in [0.717, 1.165) is 18.2 Å². The Morgan fingerprint density at radius 3 is 2.47 bits per heavy atom. The molecular weight excluding hydrogens is 208 g/mol. The molecule has 1 unspecified atom stereocenters. The molecule has 0 aliphatic carbocycles. The highest BCUT2D eigenvalue weighted by atomic mass is 28.4. The summed E-state index contributed by atoms with van der Waals surface area (Å²) in [6.45, 7) is 8.57. The van der Waals surface area contributed by atoms with Crippen LogP contribution >= 0.6 is 0 Å². The van der Waals surface area contributed by atoms with E-state index in [1.54, 1.807) is 0 Å². The molecule has 0 saturated carbocycles. The minimum atomic E-state index is -2.12. The Kier molecular flexibility index (Phi) is 6.83. The van der Waals surface area contributed by atoms with Crippen LogP contribution in [0.15, 0.2) is 11.8 Å². The average molecular weight is 232 g/mol. The van der Waals surface area contributed by atoms with E-state index in [-0.39, 0.29) is 6.17 Å². The van der Waals surface area contributed by atoms with Crippen molar-refractivity contribution in [3.8, 4) is 0 Å². The van der Waals surface area contributed by atoms with Crippen LogP contribution in [-0.2, 0) is 8.85 Å². The van der Waals surface area contributed by atoms with E-state index >= 15 is 0 Å². The predicted octanol–water partition coefficient (Wildman–Crippen LogP) is 1.67. The molecule has 4 nitrogen and oxygen atoms in total. The highest BCUT2D eigenvalue weighted by molar-refractivity contribution is 6.66. The summed E-state index contributed by atoms with van der Waals surface area (Å²) < 4.78 is 11.6. The first-order valence-electron chi connectivity index (χ1n) is 5.40. The van der Waals surface area contributed by atoms with Crippen LogP contribution in [0.2, 0.25) is 12.6 Å². The zero-order chi connectivity index (χ0) is 11.9. The summed E-state index contributed by atoms with van der Waals surface area (Å²) >= 11 is 0. The second-order valence-corrected chi connectivity index (χ2v) is 7.03. The molecule has 0 radical (unpaired) electrons. The lowest BCUT2D eigenvalue weighted by molar-refractivity contribution is 0.220. The molecule has 0 aliphatic rings. The molecule has 0 aromatic carbocycles. The van der Waals surface area contributed by atoms with Crippen molar-refractivity contribution in [1.82, 2.24) is 0 Å². The number of rotatable bonds is 7. The third kappa shape index (κ3) is 6.67. The third-order valence-corrected chi connectivity index (χ3v) is 5.01. The summed E-state index contributed by atoms with van der Waals surface area (Å²) in [6, 6.07) is 0.823. The van der Waals surface area contributed by atoms with E-state index in [4.69, 9.17) is 20.3 Å². The van der Waals surface area contributed by atoms with Gasteiger partial charge in [-0.05, 0) is 33.7 Å². The Balaban J connectivity index is 4.30. The lowest BCUT2D eigenvalue weighted by Crippen LogP contribution is -2.41. The van der Waals surface area contributed by atoms with Gasteiger partial charge in [0.15, 0.2) is 0 Å². The third-order valence-electron chi connectivity index (χ3n) is 2.16. The zero-order valence-corrected chi connectivity index (χ0v) is 11.2. The van der Waals surface area contributed by atoms with Gasteiger partial charge in [0.05, 0.1) is 11.9 Å². The van der Waals surface area contributed by atoms with Gasteiger partial charge in [0.25, 0.3) is 0 Å². The minimum absolute atomic E-state index is 0.285. The largest absolute Gasteiger partial charge is 0.524 e. The maximum Gasteiger partial charge on any atom is 0.395 e. The normalized spacial score (nSPS) is 16.6. The first-order chi connectivity index (χ1) is 6.93. The SMILES string of the molecule is CC=C(C)O[Si](C)(CCC(N)N)OCC. The van der Waals surface area contributed by atoms with Gasteiger partial charge in [-0.1, -0.05) is 6.08 Å². The molecule has 0 aliphatic heterocycles. The van der Waals surface area contributed by atoms with Crippen LogP contribution < -0.4 is 11.5 Å². The van der Waals surface area contributed by atoms with Gasteiger partial charge in [-0.2, -0.15) is 0 Å². The van der Waals surface area contributed by atoms with Gasteiger partial charge in [0.2, 0.25) is 0 Å². The van der Waals surface area contributed by atoms with Crippen LogP contribution in [-0.4, -0.2) is 21.3 Å². The lowest BCUT2D eigenvalue weighted by atomic mass is 10.4. The molecule has 0 spiro atoms. The Hall–Kier alpha value is -0.363. The smallest absolute Gasteiger partial charge is 0.395 e. The Bertz CT molecular complexity index is 210. The number of hydrogen-bond donors (Lipinski definition) is 2. The molecule has 0 aromatic heterocycles. The van der Waals surface area contributed by atoms with E-state index in [1.165, 1.54) is 0 Å². The molecule has 0 bridgehead atoms. The zero-order valence-electron chi connectivity index (χ0n) is 10.2. The first kappa shape index (κ1) is 14.6.